The van der Waals surface area contributed by atoms with Crippen molar-refractivity contribution in [1.82, 2.24) is 5.32 Å². The molecule has 0 radical (unpaired) electrons. The third-order valence-corrected chi connectivity index (χ3v) is 3.67. The Morgan fingerprint density at radius 2 is 1.95 bits per heavy atom. The molecule has 1 heterocycles. The molecule has 1 aromatic rings. The highest BCUT2D eigenvalue weighted by atomic mass is 19.1. The monoisotopic (exact) mass is 265 g/mol. The van der Waals surface area contributed by atoms with Gasteiger partial charge in [0.15, 0.2) is 11.6 Å². The average Bonchev–Trinajstić information content (AvgIpc) is 3.14. The molecule has 1 aliphatic carbocycles. The Morgan fingerprint density at radius 1 is 1.16 bits per heavy atom. The number of nitrogens with one attached hydrogen (secondary N) is 1. The number of halogens is 1. The minimum atomic E-state index is -0.313. The van der Waals surface area contributed by atoms with Gasteiger partial charge in [0.2, 0.25) is 0 Å². The van der Waals surface area contributed by atoms with Gasteiger partial charge in [0, 0.05) is 12.6 Å². The second-order valence-corrected chi connectivity index (χ2v) is 5.38. The maximum atomic E-state index is 13.4. The van der Waals surface area contributed by atoms with E-state index in [0.717, 1.165) is 25.4 Å². The minimum Gasteiger partial charge on any atom is -0.488 e. The van der Waals surface area contributed by atoms with Gasteiger partial charge in [-0.15, -0.1) is 0 Å². The molecule has 0 spiro atoms. The highest BCUT2D eigenvalue weighted by Gasteiger charge is 2.28. The Balaban J connectivity index is 1.40. The lowest BCUT2D eigenvalue weighted by molar-refractivity contribution is 0.0177. The lowest BCUT2D eigenvalue weighted by Crippen LogP contribution is -2.29. The van der Waals surface area contributed by atoms with Crippen LogP contribution in [0.5, 0.6) is 5.75 Å². The first-order valence-electron chi connectivity index (χ1n) is 7.07. The standard InChI is InChI=1S/C15H20FNO2/c16-14-3-1-2-4-15(14)18-10-13-8-7-12(19-13)9-17-11-5-6-11/h1-4,11-13,17H,5-10H2. The molecule has 4 heteroatoms. The molecule has 2 unspecified atom stereocenters. The highest BCUT2D eigenvalue weighted by Crippen LogP contribution is 2.24. The van der Waals surface area contributed by atoms with Gasteiger partial charge in [0.1, 0.15) is 6.61 Å². The van der Waals surface area contributed by atoms with Gasteiger partial charge in [-0.25, -0.2) is 4.39 Å². The van der Waals surface area contributed by atoms with Crippen LogP contribution in [0.25, 0.3) is 0 Å². The molecule has 2 atom stereocenters. The molecule has 1 N–H and O–H groups in total. The van der Waals surface area contributed by atoms with Gasteiger partial charge in [-0.2, -0.15) is 0 Å². The van der Waals surface area contributed by atoms with Crippen LogP contribution < -0.4 is 10.1 Å². The molecule has 1 aliphatic heterocycles. The Labute approximate surface area is 113 Å². The van der Waals surface area contributed by atoms with E-state index in [2.05, 4.69) is 5.32 Å². The minimum absolute atomic E-state index is 0.0885. The van der Waals surface area contributed by atoms with Crippen LogP contribution in [0.4, 0.5) is 4.39 Å². The Kier molecular flexibility index (Phi) is 3.99. The molecular formula is C15H20FNO2. The maximum absolute atomic E-state index is 13.4. The summed E-state index contributed by atoms with van der Waals surface area (Å²) in [5, 5.41) is 3.48. The van der Waals surface area contributed by atoms with Gasteiger partial charge in [0.05, 0.1) is 12.2 Å². The molecule has 2 fully saturated rings. The average molecular weight is 265 g/mol. The van der Waals surface area contributed by atoms with Gasteiger partial charge >= 0.3 is 0 Å². The smallest absolute Gasteiger partial charge is 0.165 e. The molecule has 0 amide bonds. The summed E-state index contributed by atoms with van der Waals surface area (Å²) in [7, 11) is 0. The van der Waals surface area contributed by atoms with Crippen LogP contribution in [0.3, 0.4) is 0 Å². The van der Waals surface area contributed by atoms with Crippen LogP contribution >= 0.6 is 0 Å². The molecule has 104 valence electrons. The first kappa shape index (κ1) is 12.9. The summed E-state index contributed by atoms with van der Waals surface area (Å²) in [4.78, 5) is 0. The van der Waals surface area contributed by atoms with Gasteiger partial charge in [-0.3, -0.25) is 0 Å². The predicted molar refractivity (Wildman–Crippen MR) is 70.8 cm³/mol. The Morgan fingerprint density at radius 3 is 2.74 bits per heavy atom. The first-order valence-corrected chi connectivity index (χ1v) is 7.07. The number of hydrogen-bond acceptors (Lipinski definition) is 3. The summed E-state index contributed by atoms with van der Waals surface area (Å²) in [5.74, 6) is -0.00176. The Hall–Kier alpha value is -1.13. The number of ether oxygens (including phenoxy) is 2. The van der Waals surface area contributed by atoms with Crippen molar-refractivity contribution in [2.75, 3.05) is 13.2 Å². The van der Waals surface area contributed by atoms with Crippen molar-refractivity contribution < 1.29 is 13.9 Å². The van der Waals surface area contributed by atoms with E-state index in [0.29, 0.717) is 12.4 Å². The van der Waals surface area contributed by atoms with Crippen molar-refractivity contribution >= 4 is 0 Å². The fourth-order valence-corrected chi connectivity index (χ4v) is 2.38. The predicted octanol–water partition coefficient (Wildman–Crippen LogP) is 2.50. The van der Waals surface area contributed by atoms with Crippen molar-refractivity contribution in [1.29, 1.82) is 0 Å². The van der Waals surface area contributed by atoms with E-state index in [1.165, 1.54) is 18.9 Å². The van der Waals surface area contributed by atoms with E-state index in [4.69, 9.17) is 9.47 Å². The zero-order valence-electron chi connectivity index (χ0n) is 11.0. The van der Waals surface area contributed by atoms with Crippen molar-refractivity contribution in [2.24, 2.45) is 0 Å². The van der Waals surface area contributed by atoms with Crippen LogP contribution in [0.15, 0.2) is 24.3 Å². The SMILES string of the molecule is Fc1ccccc1OCC1CCC(CNC2CC2)O1. The van der Waals surface area contributed by atoms with E-state index in [-0.39, 0.29) is 18.0 Å². The molecule has 0 aromatic heterocycles. The zero-order valence-corrected chi connectivity index (χ0v) is 11.0. The molecule has 2 aliphatic rings. The van der Waals surface area contributed by atoms with Crippen LogP contribution in [-0.2, 0) is 4.74 Å². The quantitative estimate of drug-likeness (QED) is 0.857. The molecular weight excluding hydrogens is 245 g/mol. The lowest BCUT2D eigenvalue weighted by Gasteiger charge is -2.15. The van der Waals surface area contributed by atoms with Crippen LogP contribution in [0, 0.1) is 5.82 Å². The third-order valence-electron chi connectivity index (χ3n) is 3.67. The molecule has 19 heavy (non-hydrogen) atoms. The number of rotatable bonds is 6. The number of para-hydroxylation sites is 1. The summed E-state index contributed by atoms with van der Waals surface area (Å²) in [6.07, 6.45) is 5.02. The summed E-state index contributed by atoms with van der Waals surface area (Å²) in [6.45, 7) is 1.36. The fraction of sp³-hybridized carbons (Fsp3) is 0.600. The molecule has 1 saturated carbocycles. The topological polar surface area (TPSA) is 30.5 Å². The van der Waals surface area contributed by atoms with E-state index < -0.39 is 0 Å². The third kappa shape index (κ3) is 3.67. The van der Waals surface area contributed by atoms with Crippen LogP contribution in [-0.4, -0.2) is 31.4 Å². The largest absolute Gasteiger partial charge is 0.488 e. The number of benzene rings is 1. The lowest BCUT2D eigenvalue weighted by atomic mass is 10.2. The number of hydrogen-bond donors (Lipinski definition) is 1. The Bertz CT molecular complexity index is 422. The molecule has 3 nitrogen and oxygen atoms in total. The van der Waals surface area contributed by atoms with E-state index in [1.807, 2.05) is 0 Å². The maximum Gasteiger partial charge on any atom is 0.165 e. The van der Waals surface area contributed by atoms with Crippen molar-refractivity contribution in [2.45, 2.75) is 43.9 Å². The molecule has 1 aromatic carbocycles. The summed E-state index contributed by atoms with van der Waals surface area (Å²) >= 11 is 0. The summed E-state index contributed by atoms with van der Waals surface area (Å²) < 4.78 is 24.8. The molecule has 3 rings (SSSR count). The molecule has 0 bridgehead atoms. The summed E-state index contributed by atoms with van der Waals surface area (Å²) in [5.41, 5.74) is 0. The summed E-state index contributed by atoms with van der Waals surface area (Å²) in [6, 6.07) is 7.21. The van der Waals surface area contributed by atoms with Gasteiger partial charge in [-0.1, -0.05) is 12.1 Å². The normalized spacial score (nSPS) is 26.6. The van der Waals surface area contributed by atoms with E-state index in [1.54, 1.807) is 18.2 Å². The van der Waals surface area contributed by atoms with Gasteiger partial charge in [0.25, 0.3) is 0 Å². The zero-order chi connectivity index (χ0) is 13.1. The van der Waals surface area contributed by atoms with Crippen LogP contribution in [0.2, 0.25) is 0 Å². The second kappa shape index (κ2) is 5.88. The van der Waals surface area contributed by atoms with Crippen molar-refractivity contribution in [3.63, 3.8) is 0 Å². The fourth-order valence-electron chi connectivity index (χ4n) is 2.38. The van der Waals surface area contributed by atoms with Crippen LogP contribution in [0.1, 0.15) is 25.7 Å². The molecule has 1 saturated heterocycles. The second-order valence-electron chi connectivity index (χ2n) is 5.38. The highest BCUT2D eigenvalue weighted by molar-refractivity contribution is 5.23. The van der Waals surface area contributed by atoms with Crippen molar-refractivity contribution in [3.8, 4) is 5.75 Å². The first-order chi connectivity index (χ1) is 9.31. The van der Waals surface area contributed by atoms with Gasteiger partial charge < -0.3 is 14.8 Å². The van der Waals surface area contributed by atoms with Gasteiger partial charge in [-0.05, 0) is 37.8 Å². The van der Waals surface area contributed by atoms with E-state index >= 15 is 0 Å². The van der Waals surface area contributed by atoms with E-state index in [9.17, 15) is 4.39 Å². The van der Waals surface area contributed by atoms with Crippen molar-refractivity contribution in [3.05, 3.63) is 30.1 Å².